The molecule has 37 heavy (non-hydrogen) atoms. The van der Waals surface area contributed by atoms with Crippen molar-refractivity contribution in [1.29, 1.82) is 0 Å². The van der Waals surface area contributed by atoms with Crippen LogP contribution in [0.5, 0.6) is 11.5 Å². The molecule has 0 spiro atoms. The van der Waals surface area contributed by atoms with Crippen molar-refractivity contribution in [2.45, 2.75) is 13.5 Å². The van der Waals surface area contributed by atoms with Gasteiger partial charge in [0.05, 0.1) is 18.4 Å². The van der Waals surface area contributed by atoms with E-state index in [4.69, 9.17) is 21.1 Å². The first-order chi connectivity index (χ1) is 17.5. The highest BCUT2D eigenvalue weighted by Crippen LogP contribution is 2.39. The van der Waals surface area contributed by atoms with Crippen molar-refractivity contribution in [3.8, 4) is 11.5 Å². The van der Waals surface area contributed by atoms with Gasteiger partial charge in [0.2, 0.25) is 5.82 Å². The smallest absolute Gasteiger partial charge is 0.280 e. The number of nitrogens with zero attached hydrogens (tertiary/aromatic N) is 2. The van der Waals surface area contributed by atoms with Crippen molar-refractivity contribution < 1.29 is 36.2 Å². The van der Waals surface area contributed by atoms with Crippen molar-refractivity contribution in [2.75, 3.05) is 12.1 Å². The monoisotopic (exact) mass is 600 g/mol. The molecule has 1 heterocycles. The molecule has 0 radical (unpaired) electrons. The van der Waals surface area contributed by atoms with Gasteiger partial charge in [-0.05, 0) is 42.8 Å². The molecule has 192 valence electrons. The molecular formula is C25H15BrClF5N2O3. The fourth-order valence-electron chi connectivity index (χ4n) is 3.51. The zero-order valence-corrected chi connectivity index (χ0v) is 21.4. The Balaban J connectivity index is 1.75. The maximum absolute atomic E-state index is 14.4. The molecule has 12 heteroatoms. The van der Waals surface area contributed by atoms with Gasteiger partial charge in [-0.1, -0.05) is 39.7 Å². The normalized spacial score (nSPS) is 14.4. The summed E-state index contributed by atoms with van der Waals surface area (Å²) in [7, 11) is 1.41. The number of amides is 1. The molecule has 3 aromatic rings. The average Bonchev–Trinajstić information content (AvgIpc) is 3.14. The van der Waals surface area contributed by atoms with Gasteiger partial charge in [0.15, 0.2) is 34.8 Å². The summed E-state index contributed by atoms with van der Waals surface area (Å²) >= 11 is 9.25. The molecule has 0 atom stereocenters. The van der Waals surface area contributed by atoms with E-state index < -0.39 is 40.7 Å². The van der Waals surface area contributed by atoms with E-state index in [0.29, 0.717) is 20.8 Å². The standard InChI is InChI=1S/C25H15BrClF5N2O3/c1-11-16(25(35)34(33-11)23-21(31)19(29)18(28)20(30)22(23)32)8-13-7-14(26)9-17(36-2)24(13)37-10-12-3-5-15(27)6-4-12/h3-9H,10H2,1-2H3/b16-8-. The lowest BCUT2D eigenvalue weighted by atomic mass is 10.1. The molecule has 1 amide bonds. The number of halogens is 7. The SMILES string of the molecule is COc1cc(Br)cc(/C=C2\C(=O)N(c3c(F)c(F)c(F)c(F)c3F)N=C2C)c1OCc1ccc(Cl)cc1. The number of benzene rings is 3. The predicted molar refractivity (Wildman–Crippen MR) is 131 cm³/mol. The third-order valence-corrected chi connectivity index (χ3v) is 6.04. The first kappa shape index (κ1) is 26.6. The van der Waals surface area contributed by atoms with Crippen molar-refractivity contribution in [3.63, 3.8) is 0 Å². The molecule has 0 aromatic heterocycles. The van der Waals surface area contributed by atoms with Gasteiger partial charge in [-0.2, -0.15) is 10.1 Å². The van der Waals surface area contributed by atoms with Gasteiger partial charge in [0.1, 0.15) is 12.3 Å². The lowest BCUT2D eigenvalue weighted by molar-refractivity contribution is -0.114. The number of hydrogen-bond acceptors (Lipinski definition) is 4. The van der Waals surface area contributed by atoms with Gasteiger partial charge < -0.3 is 9.47 Å². The highest BCUT2D eigenvalue weighted by atomic mass is 79.9. The maximum Gasteiger partial charge on any atom is 0.280 e. The number of rotatable bonds is 6. The second-order valence-electron chi connectivity index (χ2n) is 7.72. The maximum atomic E-state index is 14.4. The second kappa shape index (κ2) is 10.5. The number of anilines is 1. The summed E-state index contributed by atoms with van der Waals surface area (Å²) in [6.45, 7) is 1.45. The van der Waals surface area contributed by atoms with Crippen LogP contribution in [0.4, 0.5) is 27.6 Å². The summed E-state index contributed by atoms with van der Waals surface area (Å²) in [4.78, 5) is 13.1. The summed E-state index contributed by atoms with van der Waals surface area (Å²) < 4.78 is 81.6. The number of carbonyl (C=O) groups excluding carboxylic acids is 1. The quantitative estimate of drug-likeness (QED) is 0.130. The minimum atomic E-state index is -2.34. The molecule has 1 aliphatic heterocycles. The van der Waals surface area contributed by atoms with Crippen LogP contribution in [0.25, 0.3) is 6.08 Å². The van der Waals surface area contributed by atoms with Gasteiger partial charge in [-0.25, -0.2) is 22.0 Å². The molecule has 0 aliphatic carbocycles. The zero-order valence-electron chi connectivity index (χ0n) is 19.0. The minimum absolute atomic E-state index is 0.0310. The molecule has 0 N–H and O–H groups in total. The van der Waals surface area contributed by atoms with Crippen LogP contribution in [0.2, 0.25) is 5.02 Å². The van der Waals surface area contributed by atoms with Crippen LogP contribution in [-0.4, -0.2) is 18.7 Å². The van der Waals surface area contributed by atoms with Gasteiger partial charge in [0.25, 0.3) is 5.91 Å². The summed E-state index contributed by atoms with van der Waals surface area (Å²) in [5.74, 6) is -11.7. The average molecular weight is 602 g/mol. The molecular weight excluding hydrogens is 587 g/mol. The van der Waals surface area contributed by atoms with Crippen molar-refractivity contribution in [3.05, 3.63) is 91.7 Å². The van der Waals surface area contributed by atoms with Crippen molar-refractivity contribution >= 4 is 50.9 Å². The topological polar surface area (TPSA) is 51.1 Å². The predicted octanol–water partition coefficient (Wildman–Crippen LogP) is 7.19. The highest BCUT2D eigenvalue weighted by molar-refractivity contribution is 9.10. The molecule has 0 saturated heterocycles. The Hall–Kier alpha value is -3.44. The lowest BCUT2D eigenvalue weighted by Gasteiger charge is -2.16. The Kier molecular flexibility index (Phi) is 7.56. The first-order valence-electron chi connectivity index (χ1n) is 10.4. The van der Waals surface area contributed by atoms with Crippen LogP contribution in [-0.2, 0) is 11.4 Å². The Morgan fingerprint density at radius 3 is 2.19 bits per heavy atom. The largest absolute Gasteiger partial charge is 0.493 e. The second-order valence-corrected chi connectivity index (χ2v) is 9.07. The molecule has 0 fully saturated rings. The van der Waals surface area contributed by atoms with Crippen molar-refractivity contribution in [1.82, 2.24) is 0 Å². The van der Waals surface area contributed by atoms with Gasteiger partial charge in [-0.15, -0.1) is 0 Å². The summed E-state index contributed by atoms with van der Waals surface area (Å²) in [5.41, 5.74) is -0.579. The third kappa shape index (κ3) is 5.05. The number of ether oxygens (including phenoxy) is 2. The molecule has 0 bridgehead atoms. The van der Waals surface area contributed by atoms with Crippen molar-refractivity contribution in [2.24, 2.45) is 5.10 Å². The fraction of sp³-hybridized carbons (Fsp3) is 0.120. The van der Waals surface area contributed by atoms with E-state index in [1.165, 1.54) is 20.1 Å². The molecule has 0 saturated carbocycles. The van der Waals surface area contributed by atoms with E-state index in [2.05, 4.69) is 21.0 Å². The Morgan fingerprint density at radius 1 is 1.00 bits per heavy atom. The number of hydrogen-bond donors (Lipinski definition) is 0. The highest BCUT2D eigenvalue weighted by Gasteiger charge is 2.37. The van der Waals surface area contributed by atoms with Crippen LogP contribution in [0.1, 0.15) is 18.1 Å². The van der Waals surface area contributed by atoms with E-state index >= 15 is 0 Å². The Morgan fingerprint density at radius 2 is 1.59 bits per heavy atom. The number of methoxy groups -OCH3 is 1. The van der Waals surface area contributed by atoms with Gasteiger partial charge in [0, 0.05) is 15.1 Å². The third-order valence-electron chi connectivity index (χ3n) is 5.33. The summed E-state index contributed by atoms with van der Waals surface area (Å²) in [5, 5.41) is 4.43. The van der Waals surface area contributed by atoms with Gasteiger partial charge in [-0.3, -0.25) is 4.79 Å². The molecule has 4 rings (SSSR count). The molecule has 5 nitrogen and oxygen atoms in total. The van der Waals surface area contributed by atoms with E-state index in [1.807, 2.05) is 0 Å². The minimum Gasteiger partial charge on any atom is -0.493 e. The van der Waals surface area contributed by atoms with Crippen LogP contribution < -0.4 is 14.5 Å². The van der Waals surface area contributed by atoms with Gasteiger partial charge >= 0.3 is 0 Å². The van der Waals surface area contributed by atoms with E-state index in [1.54, 1.807) is 36.4 Å². The molecule has 0 unspecified atom stereocenters. The van der Waals surface area contributed by atoms with Crippen LogP contribution in [0.15, 0.2) is 51.5 Å². The molecule has 1 aliphatic rings. The lowest BCUT2D eigenvalue weighted by Crippen LogP contribution is -2.25. The summed E-state index contributed by atoms with van der Waals surface area (Å²) in [6, 6.07) is 10.1. The van der Waals surface area contributed by atoms with E-state index in [-0.39, 0.29) is 28.7 Å². The van der Waals surface area contributed by atoms with Crippen LogP contribution in [0, 0.1) is 29.1 Å². The number of carbonyl (C=O) groups is 1. The van der Waals surface area contributed by atoms with E-state index in [0.717, 1.165) is 5.56 Å². The fourth-order valence-corrected chi connectivity index (χ4v) is 4.09. The summed E-state index contributed by atoms with van der Waals surface area (Å²) in [6.07, 6.45) is 1.32. The number of hydrazone groups is 1. The van der Waals surface area contributed by atoms with Crippen LogP contribution in [0.3, 0.4) is 0 Å². The molecule has 3 aromatic carbocycles. The van der Waals surface area contributed by atoms with E-state index in [9.17, 15) is 26.7 Å². The zero-order chi connectivity index (χ0) is 27.0. The first-order valence-corrected chi connectivity index (χ1v) is 11.6. The Labute approximate surface area is 220 Å². The van der Waals surface area contributed by atoms with Crippen LogP contribution >= 0.6 is 27.5 Å². The Bertz CT molecular complexity index is 1450.